The first-order valence-corrected chi connectivity index (χ1v) is 7.00. The molecule has 120 valence electrons. The monoisotopic (exact) mass is 311 g/mol. The standard InChI is InChI=1S/C14H18FN3O4/c1-10(19)14(20)17-6-4-16(5-7-17)9-11-2-3-12(18(21)22)8-13(11)15/h2-3,8,10,19H,4-7,9H2,1H3. The van der Waals surface area contributed by atoms with Gasteiger partial charge >= 0.3 is 0 Å². The molecule has 1 aromatic carbocycles. The second kappa shape index (κ2) is 6.80. The van der Waals surface area contributed by atoms with Crippen LogP contribution in [0.15, 0.2) is 18.2 Å². The fourth-order valence-corrected chi connectivity index (χ4v) is 2.41. The summed E-state index contributed by atoms with van der Waals surface area (Å²) in [6, 6.07) is 3.62. The van der Waals surface area contributed by atoms with Crippen LogP contribution >= 0.6 is 0 Å². The van der Waals surface area contributed by atoms with Crippen LogP contribution < -0.4 is 0 Å². The zero-order valence-electron chi connectivity index (χ0n) is 12.2. The molecule has 1 fully saturated rings. The zero-order valence-corrected chi connectivity index (χ0v) is 12.2. The average molecular weight is 311 g/mol. The third kappa shape index (κ3) is 3.77. The van der Waals surface area contributed by atoms with Crippen molar-refractivity contribution in [2.45, 2.75) is 19.6 Å². The molecule has 1 aliphatic heterocycles. The summed E-state index contributed by atoms with van der Waals surface area (Å²) in [7, 11) is 0. The Bertz CT molecular complexity index is 571. The first-order chi connectivity index (χ1) is 10.4. The summed E-state index contributed by atoms with van der Waals surface area (Å²) in [4.78, 5) is 25.1. The molecule has 0 radical (unpaired) electrons. The summed E-state index contributed by atoms with van der Waals surface area (Å²) < 4.78 is 13.8. The first-order valence-electron chi connectivity index (χ1n) is 7.00. The number of nitro benzene ring substituents is 1. The summed E-state index contributed by atoms with van der Waals surface area (Å²) >= 11 is 0. The molecule has 1 amide bonds. The smallest absolute Gasteiger partial charge is 0.272 e. The minimum absolute atomic E-state index is 0.270. The quantitative estimate of drug-likeness (QED) is 0.655. The molecule has 0 aliphatic carbocycles. The van der Waals surface area contributed by atoms with Crippen molar-refractivity contribution < 1.29 is 19.2 Å². The fraction of sp³-hybridized carbons (Fsp3) is 0.500. The van der Waals surface area contributed by atoms with Crippen LogP contribution in [0.4, 0.5) is 10.1 Å². The molecule has 0 aromatic heterocycles. The first kappa shape index (κ1) is 16.3. The van der Waals surface area contributed by atoms with Crippen molar-refractivity contribution in [1.82, 2.24) is 9.80 Å². The largest absolute Gasteiger partial charge is 0.384 e. The lowest BCUT2D eigenvalue weighted by atomic mass is 10.1. The highest BCUT2D eigenvalue weighted by atomic mass is 19.1. The lowest BCUT2D eigenvalue weighted by Crippen LogP contribution is -2.50. The number of benzene rings is 1. The molecule has 1 aromatic rings. The van der Waals surface area contributed by atoms with Gasteiger partial charge in [-0.2, -0.15) is 0 Å². The van der Waals surface area contributed by atoms with E-state index in [4.69, 9.17) is 0 Å². The van der Waals surface area contributed by atoms with Gasteiger partial charge in [0.15, 0.2) is 0 Å². The maximum absolute atomic E-state index is 13.8. The summed E-state index contributed by atoms with van der Waals surface area (Å²) in [5, 5.41) is 19.9. The molecule has 22 heavy (non-hydrogen) atoms. The maximum Gasteiger partial charge on any atom is 0.272 e. The highest BCUT2D eigenvalue weighted by Gasteiger charge is 2.24. The van der Waals surface area contributed by atoms with E-state index < -0.39 is 16.8 Å². The molecule has 1 saturated heterocycles. The Morgan fingerprint density at radius 3 is 2.55 bits per heavy atom. The number of nitro groups is 1. The van der Waals surface area contributed by atoms with Gasteiger partial charge in [0.25, 0.3) is 11.6 Å². The lowest BCUT2D eigenvalue weighted by molar-refractivity contribution is -0.385. The molecule has 1 aliphatic rings. The van der Waals surface area contributed by atoms with E-state index in [0.29, 0.717) is 38.3 Å². The number of halogens is 1. The number of hydrogen-bond donors (Lipinski definition) is 1. The molecule has 0 spiro atoms. The molecule has 1 heterocycles. The van der Waals surface area contributed by atoms with Crippen molar-refractivity contribution in [3.63, 3.8) is 0 Å². The van der Waals surface area contributed by atoms with Gasteiger partial charge in [0, 0.05) is 44.4 Å². The predicted molar refractivity (Wildman–Crippen MR) is 76.6 cm³/mol. The Kier molecular flexibility index (Phi) is 5.04. The topological polar surface area (TPSA) is 86.9 Å². The van der Waals surface area contributed by atoms with Gasteiger partial charge in [-0.1, -0.05) is 0 Å². The van der Waals surface area contributed by atoms with Gasteiger partial charge in [-0.05, 0) is 13.0 Å². The van der Waals surface area contributed by atoms with Crippen LogP contribution in [0.1, 0.15) is 12.5 Å². The molecular weight excluding hydrogens is 293 g/mol. The van der Waals surface area contributed by atoms with Crippen LogP contribution in [0.5, 0.6) is 0 Å². The minimum Gasteiger partial charge on any atom is -0.384 e. The molecule has 7 nitrogen and oxygen atoms in total. The number of nitrogens with zero attached hydrogens (tertiary/aromatic N) is 3. The van der Waals surface area contributed by atoms with Crippen LogP contribution in [-0.2, 0) is 11.3 Å². The van der Waals surface area contributed by atoms with E-state index in [2.05, 4.69) is 0 Å². The van der Waals surface area contributed by atoms with Crippen LogP contribution in [0, 0.1) is 15.9 Å². The number of rotatable bonds is 4. The van der Waals surface area contributed by atoms with Gasteiger partial charge in [-0.25, -0.2) is 4.39 Å². The average Bonchev–Trinajstić information content (AvgIpc) is 2.49. The summed E-state index contributed by atoms with van der Waals surface area (Å²) in [5.41, 5.74) is 0.120. The Labute approximate surface area is 127 Å². The maximum atomic E-state index is 13.8. The molecule has 1 atom stereocenters. The van der Waals surface area contributed by atoms with Crippen LogP contribution in [0.25, 0.3) is 0 Å². The second-order valence-electron chi connectivity index (χ2n) is 5.31. The molecule has 0 bridgehead atoms. The number of aliphatic hydroxyl groups is 1. The normalized spacial score (nSPS) is 17.3. The number of hydrogen-bond acceptors (Lipinski definition) is 5. The van der Waals surface area contributed by atoms with Crippen molar-refractivity contribution in [3.8, 4) is 0 Å². The Morgan fingerprint density at radius 2 is 2.05 bits per heavy atom. The van der Waals surface area contributed by atoms with Crippen molar-refractivity contribution >= 4 is 11.6 Å². The zero-order chi connectivity index (χ0) is 16.3. The van der Waals surface area contributed by atoms with Gasteiger partial charge < -0.3 is 10.0 Å². The summed E-state index contributed by atoms with van der Waals surface area (Å²) in [6.45, 7) is 3.84. The van der Waals surface area contributed by atoms with E-state index >= 15 is 0 Å². The number of carbonyl (C=O) groups is 1. The van der Waals surface area contributed by atoms with Crippen LogP contribution in [0.3, 0.4) is 0 Å². The van der Waals surface area contributed by atoms with E-state index in [1.807, 2.05) is 4.90 Å². The van der Waals surface area contributed by atoms with Crippen molar-refractivity contribution in [3.05, 3.63) is 39.7 Å². The van der Waals surface area contributed by atoms with E-state index in [9.17, 15) is 24.4 Å². The highest BCUT2D eigenvalue weighted by molar-refractivity contribution is 5.80. The van der Waals surface area contributed by atoms with Crippen LogP contribution in [0.2, 0.25) is 0 Å². The lowest BCUT2D eigenvalue weighted by Gasteiger charge is -2.35. The molecule has 1 N–H and O–H groups in total. The van der Waals surface area contributed by atoms with Gasteiger partial charge in [0.1, 0.15) is 11.9 Å². The van der Waals surface area contributed by atoms with Gasteiger partial charge in [0.05, 0.1) is 11.0 Å². The number of piperazine rings is 1. The predicted octanol–water partition coefficient (Wildman–Crippen LogP) is 0.759. The van der Waals surface area contributed by atoms with Crippen molar-refractivity contribution in [2.75, 3.05) is 26.2 Å². The Hall–Kier alpha value is -2.06. The third-order valence-electron chi connectivity index (χ3n) is 3.68. The van der Waals surface area contributed by atoms with Crippen molar-refractivity contribution in [1.29, 1.82) is 0 Å². The van der Waals surface area contributed by atoms with E-state index in [1.54, 1.807) is 4.90 Å². The molecular formula is C14H18FN3O4. The van der Waals surface area contributed by atoms with E-state index in [1.165, 1.54) is 19.1 Å². The molecule has 1 unspecified atom stereocenters. The minimum atomic E-state index is -1.02. The summed E-state index contributed by atoms with van der Waals surface area (Å²) in [6.07, 6.45) is -1.02. The van der Waals surface area contributed by atoms with E-state index in [0.717, 1.165) is 6.07 Å². The Balaban J connectivity index is 1.94. The SMILES string of the molecule is CC(O)C(=O)N1CCN(Cc2ccc([N+](=O)[O-])cc2F)CC1. The van der Waals surface area contributed by atoms with Gasteiger partial charge in [0.2, 0.25) is 0 Å². The van der Waals surface area contributed by atoms with E-state index in [-0.39, 0.29) is 11.6 Å². The molecule has 2 rings (SSSR count). The van der Waals surface area contributed by atoms with Gasteiger partial charge in [-0.3, -0.25) is 19.8 Å². The molecule has 8 heteroatoms. The van der Waals surface area contributed by atoms with Crippen molar-refractivity contribution in [2.24, 2.45) is 0 Å². The van der Waals surface area contributed by atoms with Gasteiger partial charge in [-0.15, -0.1) is 0 Å². The van der Waals surface area contributed by atoms with Crippen LogP contribution in [-0.4, -0.2) is 58.0 Å². The number of non-ortho nitro benzene ring substituents is 1. The number of amides is 1. The number of carbonyl (C=O) groups excluding carboxylic acids is 1. The summed E-state index contributed by atoms with van der Waals surface area (Å²) in [5.74, 6) is -0.905. The fourth-order valence-electron chi connectivity index (χ4n) is 2.41. The Morgan fingerprint density at radius 1 is 1.41 bits per heavy atom. The second-order valence-corrected chi connectivity index (χ2v) is 5.31. The third-order valence-corrected chi connectivity index (χ3v) is 3.68. The molecule has 0 saturated carbocycles. The number of aliphatic hydroxyl groups excluding tert-OH is 1. The highest BCUT2D eigenvalue weighted by Crippen LogP contribution is 2.18.